The molecule has 0 fully saturated rings. The third-order valence-electron chi connectivity index (χ3n) is 8.28. The number of phosphoric ester groups is 1. The highest BCUT2D eigenvalue weighted by molar-refractivity contribution is 7.47. The fourth-order valence-corrected chi connectivity index (χ4v) is 5.87. The van der Waals surface area contributed by atoms with Crippen LogP contribution in [0.5, 0.6) is 0 Å². The summed E-state index contributed by atoms with van der Waals surface area (Å²) < 4.78 is 32.5. The summed E-state index contributed by atoms with van der Waals surface area (Å²) in [5.41, 5.74) is 5.32. The second kappa shape index (κ2) is 38.3. The zero-order valence-corrected chi connectivity index (χ0v) is 34.7. The van der Waals surface area contributed by atoms with Crippen molar-refractivity contribution in [2.24, 2.45) is 5.73 Å². The molecule has 0 aliphatic heterocycles. The standard InChI is InChI=1S/C43H74NO10P/c1-3-5-7-9-11-13-15-17-18-19-21-23-25-27-29-33-43(48)54-39(38-53-55(49,50)52-36-35-44)37-51-42(47)34-30-32-41(46)40(45)31-28-26-24-22-20-16-14-12-10-8-6-4-2/h6,8,11-14,17-18,20,22,26,28,39-41,45-46H,3-5,7,9-10,15-16,19,21,23-25,27,29-38,44H2,1-2H3,(H,49,50)/b8-6-,13-11-,14-12-,18-17-,22-20-,28-26-/t39-,40+,41+/m1/s1. The van der Waals surface area contributed by atoms with Crippen LogP contribution in [0.25, 0.3) is 0 Å². The van der Waals surface area contributed by atoms with Gasteiger partial charge in [-0.3, -0.25) is 18.6 Å². The van der Waals surface area contributed by atoms with Crippen molar-refractivity contribution in [3.8, 4) is 0 Å². The quantitative estimate of drug-likeness (QED) is 0.0204. The van der Waals surface area contributed by atoms with Gasteiger partial charge in [-0.05, 0) is 83.5 Å². The summed E-state index contributed by atoms with van der Waals surface area (Å²) in [6.07, 6.45) is 38.2. The van der Waals surface area contributed by atoms with E-state index in [-0.39, 0.29) is 51.9 Å². The molecule has 4 atom stereocenters. The topological polar surface area (TPSA) is 175 Å². The monoisotopic (exact) mass is 796 g/mol. The van der Waals surface area contributed by atoms with Gasteiger partial charge in [0.1, 0.15) is 6.61 Å². The molecule has 11 nitrogen and oxygen atoms in total. The minimum Gasteiger partial charge on any atom is -0.462 e. The molecule has 0 spiro atoms. The number of rotatable bonds is 37. The summed E-state index contributed by atoms with van der Waals surface area (Å²) in [5.74, 6) is -1.14. The smallest absolute Gasteiger partial charge is 0.462 e. The highest BCUT2D eigenvalue weighted by Gasteiger charge is 2.26. The normalized spacial score (nSPS) is 15.2. The lowest BCUT2D eigenvalue weighted by atomic mass is 10.0. The first-order valence-electron chi connectivity index (χ1n) is 20.6. The van der Waals surface area contributed by atoms with Gasteiger partial charge in [0.2, 0.25) is 0 Å². The molecule has 55 heavy (non-hydrogen) atoms. The summed E-state index contributed by atoms with van der Waals surface area (Å²) in [7, 11) is -4.45. The van der Waals surface area contributed by atoms with Crippen LogP contribution in [0.15, 0.2) is 72.9 Å². The predicted molar refractivity (Wildman–Crippen MR) is 222 cm³/mol. The first kappa shape index (κ1) is 52.4. The number of carbonyl (C=O) groups excluding carboxylic acids is 2. The van der Waals surface area contributed by atoms with Crippen molar-refractivity contribution in [2.75, 3.05) is 26.4 Å². The minimum atomic E-state index is -4.45. The number of esters is 2. The van der Waals surface area contributed by atoms with Gasteiger partial charge in [-0.15, -0.1) is 0 Å². The minimum absolute atomic E-state index is 0.00759. The van der Waals surface area contributed by atoms with Crippen LogP contribution < -0.4 is 5.73 Å². The zero-order chi connectivity index (χ0) is 40.7. The fourth-order valence-electron chi connectivity index (χ4n) is 5.10. The maximum Gasteiger partial charge on any atom is 0.472 e. The van der Waals surface area contributed by atoms with Crippen LogP contribution in [0.2, 0.25) is 0 Å². The Kier molecular flexibility index (Phi) is 36.4. The Hall–Kier alpha value is -2.63. The molecule has 5 N–H and O–H groups in total. The molecule has 0 aromatic carbocycles. The molecule has 0 aromatic heterocycles. The van der Waals surface area contributed by atoms with Crippen molar-refractivity contribution in [2.45, 2.75) is 161 Å². The summed E-state index contributed by atoms with van der Waals surface area (Å²) in [6.45, 7) is 3.21. The van der Waals surface area contributed by atoms with E-state index in [4.69, 9.17) is 24.3 Å². The predicted octanol–water partition coefficient (Wildman–Crippen LogP) is 9.43. The number of aliphatic hydroxyl groups excluding tert-OH is 2. The van der Waals surface area contributed by atoms with E-state index in [0.29, 0.717) is 6.42 Å². The van der Waals surface area contributed by atoms with Crippen molar-refractivity contribution < 1.29 is 47.8 Å². The second-order valence-electron chi connectivity index (χ2n) is 13.4. The molecule has 0 saturated heterocycles. The van der Waals surface area contributed by atoms with Gasteiger partial charge >= 0.3 is 19.8 Å². The lowest BCUT2D eigenvalue weighted by molar-refractivity contribution is -0.161. The molecule has 0 radical (unpaired) electrons. The van der Waals surface area contributed by atoms with Crippen LogP contribution in [0.1, 0.15) is 142 Å². The van der Waals surface area contributed by atoms with Gasteiger partial charge in [-0.1, -0.05) is 119 Å². The molecule has 0 aliphatic carbocycles. The number of hydrogen-bond donors (Lipinski definition) is 4. The number of nitrogens with two attached hydrogens (primary N) is 1. The Morgan fingerprint density at radius 2 is 1.18 bits per heavy atom. The first-order valence-corrected chi connectivity index (χ1v) is 22.1. The Labute approximate surface area is 332 Å². The maximum atomic E-state index is 12.6. The molecule has 0 heterocycles. The summed E-state index contributed by atoms with van der Waals surface area (Å²) in [4.78, 5) is 34.9. The zero-order valence-electron chi connectivity index (χ0n) is 33.9. The van der Waals surface area contributed by atoms with Gasteiger partial charge in [0.05, 0.1) is 25.4 Å². The average Bonchev–Trinajstić information content (AvgIpc) is 3.16. The Morgan fingerprint density at radius 1 is 0.636 bits per heavy atom. The largest absolute Gasteiger partial charge is 0.472 e. The number of aliphatic hydroxyl groups is 2. The third-order valence-corrected chi connectivity index (χ3v) is 9.26. The van der Waals surface area contributed by atoms with Crippen molar-refractivity contribution in [3.63, 3.8) is 0 Å². The summed E-state index contributed by atoms with van der Waals surface area (Å²) in [5, 5.41) is 20.6. The number of hydrogen-bond acceptors (Lipinski definition) is 10. The highest BCUT2D eigenvalue weighted by atomic mass is 31.2. The van der Waals surface area contributed by atoms with E-state index in [2.05, 4.69) is 68.5 Å². The fraction of sp³-hybridized carbons (Fsp3) is 0.674. The van der Waals surface area contributed by atoms with Crippen LogP contribution in [0.4, 0.5) is 0 Å². The Bertz CT molecular complexity index is 1170. The van der Waals surface area contributed by atoms with Crippen LogP contribution in [-0.2, 0) is 32.7 Å². The third kappa shape index (κ3) is 36.7. The van der Waals surface area contributed by atoms with Crippen molar-refractivity contribution in [1.82, 2.24) is 0 Å². The van der Waals surface area contributed by atoms with Crippen LogP contribution in [0.3, 0.4) is 0 Å². The lowest BCUT2D eigenvalue weighted by Crippen LogP contribution is -2.30. The number of phosphoric acid groups is 1. The van der Waals surface area contributed by atoms with Crippen molar-refractivity contribution >= 4 is 19.8 Å². The van der Waals surface area contributed by atoms with Gasteiger partial charge in [0.25, 0.3) is 0 Å². The van der Waals surface area contributed by atoms with E-state index >= 15 is 0 Å². The van der Waals surface area contributed by atoms with Crippen LogP contribution in [0, 0.1) is 0 Å². The van der Waals surface area contributed by atoms with Gasteiger partial charge in [0, 0.05) is 19.4 Å². The number of unbranched alkanes of at least 4 members (excludes halogenated alkanes) is 8. The molecule has 1 unspecified atom stereocenters. The molecule has 0 amide bonds. The molecular weight excluding hydrogens is 721 g/mol. The van der Waals surface area contributed by atoms with Crippen LogP contribution >= 0.6 is 7.82 Å². The number of allylic oxidation sites excluding steroid dienone is 11. The molecular formula is C43H74NO10P. The van der Waals surface area contributed by atoms with E-state index in [1.54, 1.807) is 0 Å². The highest BCUT2D eigenvalue weighted by Crippen LogP contribution is 2.43. The summed E-state index contributed by atoms with van der Waals surface area (Å²) >= 11 is 0. The van der Waals surface area contributed by atoms with E-state index in [9.17, 15) is 29.3 Å². The van der Waals surface area contributed by atoms with E-state index < -0.39 is 44.7 Å². The van der Waals surface area contributed by atoms with Crippen molar-refractivity contribution in [1.29, 1.82) is 0 Å². The summed E-state index contributed by atoms with van der Waals surface area (Å²) in [6, 6.07) is 0. The Balaban J connectivity index is 4.47. The first-order chi connectivity index (χ1) is 26.6. The lowest BCUT2D eigenvalue weighted by Gasteiger charge is -2.20. The molecule has 12 heteroatoms. The molecule has 0 rings (SSSR count). The average molecular weight is 796 g/mol. The van der Waals surface area contributed by atoms with Gasteiger partial charge < -0.3 is 30.3 Å². The van der Waals surface area contributed by atoms with Gasteiger partial charge in [-0.2, -0.15) is 0 Å². The van der Waals surface area contributed by atoms with Gasteiger partial charge in [-0.25, -0.2) is 4.57 Å². The molecule has 316 valence electrons. The van der Waals surface area contributed by atoms with E-state index in [1.165, 1.54) is 19.3 Å². The van der Waals surface area contributed by atoms with Gasteiger partial charge in [0.15, 0.2) is 6.10 Å². The molecule has 0 aliphatic rings. The molecule has 0 saturated carbocycles. The number of ether oxygens (including phenoxy) is 2. The van der Waals surface area contributed by atoms with Crippen molar-refractivity contribution in [3.05, 3.63) is 72.9 Å². The van der Waals surface area contributed by atoms with E-state index in [1.807, 2.05) is 18.2 Å². The van der Waals surface area contributed by atoms with E-state index in [0.717, 1.165) is 70.6 Å². The number of carbonyl (C=O) groups is 2. The second-order valence-corrected chi connectivity index (χ2v) is 14.9. The Morgan fingerprint density at radius 3 is 1.80 bits per heavy atom. The molecule has 0 bridgehead atoms. The van der Waals surface area contributed by atoms with Crippen LogP contribution in [-0.4, -0.2) is 71.7 Å². The maximum absolute atomic E-state index is 12.6. The molecule has 0 aromatic rings. The SMILES string of the molecule is CC/C=C\C/C=C\C/C=C\C/C=C\C[C@H](O)[C@@H](O)CCCC(=O)OC[C@H](COP(=O)(O)OCCN)OC(=O)CCCCCCC/C=C\C/C=C\CCCCC.